The molecule has 0 amide bonds. The molecule has 1 unspecified atom stereocenters. The van der Waals surface area contributed by atoms with E-state index in [1.165, 1.54) is 19.5 Å². The normalized spacial score (nSPS) is 17.9. The van der Waals surface area contributed by atoms with Gasteiger partial charge in [0, 0.05) is 18.0 Å². The number of furan rings is 1. The number of fused-ring (bicyclic) bond motifs is 1. The highest BCUT2D eigenvalue weighted by molar-refractivity contribution is 5.90. The molecule has 1 atom stereocenters. The van der Waals surface area contributed by atoms with Crippen molar-refractivity contribution in [3.8, 4) is 5.75 Å². The highest BCUT2D eigenvalue weighted by Crippen LogP contribution is 2.35. The maximum Gasteiger partial charge on any atom is 0.167 e. The topological polar surface area (TPSA) is 60.6 Å². The van der Waals surface area contributed by atoms with Crippen molar-refractivity contribution in [2.75, 3.05) is 31.8 Å². The van der Waals surface area contributed by atoms with Crippen LogP contribution in [-0.2, 0) is 4.74 Å². The first-order valence-electron chi connectivity index (χ1n) is 8.06. The van der Waals surface area contributed by atoms with Crippen LogP contribution in [0.1, 0.15) is 17.6 Å². The van der Waals surface area contributed by atoms with Crippen LogP contribution >= 0.6 is 0 Å². The molecule has 4 rings (SSSR count). The Morgan fingerprint density at radius 3 is 2.92 bits per heavy atom. The van der Waals surface area contributed by atoms with Crippen LogP contribution in [0.2, 0.25) is 0 Å². The van der Waals surface area contributed by atoms with Gasteiger partial charge in [-0.25, -0.2) is 14.4 Å². The second kappa shape index (κ2) is 6.33. The number of anilines is 1. The molecule has 0 N–H and O–H groups in total. The summed E-state index contributed by atoms with van der Waals surface area (Å²) in [6.07, 6.45) is 1.45. The number of hydrogen-bond acceptors (Lipinski definition) is 6. The van der Waals surface area contributed by atoms with Crippen molar-refractivity contribution < 1.29 is 18.3 Å². The lowest BCUT2D eigenvalue weighted by Crippen LogP contribution is -2.40. The Bertz CT molecular complexity index is 912. The molecule has 6 nitrogen and oxygen atoms in total. The van der Waals surface area contributed by atoms with Crippen molar-refractivity contribution in [1.82, 2.24) is 9.97 Å². The van der Waals surface area contributed by atoms with Crippen molar-refractivity contribution in [1.29, 1.82) is 0 Å². The van der Waals surface area contributed by atoms with E-state index < -0.39 is 5.82 Å². The first kappa shape index (κ1) is 15.8. The number of methoxy groups -OCH3 is 1. The van der Waals surface area contributed by atoms with E-state index in [1.807, 2.05) is 19.1 Å². The summed E-state index contributed by atoms with van der Waals surface area (Å²) in [6.45, 7) is 3.64. The van der Waals surface area contributed by atoms with Crippen molar-refractivity contribution in [2.24, 2.45) is 0 Å². The van der Waals surface area contributed by atoms with Gasteiger partial charge in [-0.3, -0.25) is 0 Å². The van der Waals surface area contributed by atoms with Gasteiger partial charge >= 0.3 is 0 Å². The van der Waals surface area contributed by atoms with Crippen molar-refractivity contribution in [2.45, 2.75) is 13.0 Å². The van der Waals surface area contributed by atoms with E-state index in [-0.39, 0.29) is 11.8 Å². The zero-order chi connectivity index (χ0) is 17.4. The molecular weight excluding hydrogens is 325 g/mol. The van der Waals surface area contributed by atoms with E-state index in [2.05, 4.69) is 14.9 Å². The van der Waals surface area contributed by atoms with Gasteiger partial charge in [0.2, 0.25) is 0 Å². The van der Waals surface area contributed by atoms with Crippen LogP contribution in [-0.4, -0.2) is 36.8 Å². The van der Waals surface area contributed by atoms with Crippen LogP contribution in [0.4, 0.5) is 10.2 Å². The fourth-order valence-corrected chi connectivity index (χ4v) is 3.15. The van der Waals surface area contributed by atoms with Gasteiger partial charge in [-0.1, -0.05) is 0 Å². The van der Waals surface area contributed by atoms with Crippen LogP contribution < -0.4 is 9.64 Å². The van der Waals surface area contributed by atoms with Crippen LogP contribution in [0.25, 0.3) is 10.9 Å². The highest BCUT2D eigenvalue weighted by atomic mass is 19.1. The minimum absolute atomic E-state index is 0.100. The van der Waals surface area contributed by atoms with Crippen molar-refractivity contribution in [3.05, 3.63) is 47.9 Å². The summed E-state index contributed by atoms with van der Waals surface area (Å²) in [5, 5.41) is 0.732. The predicted molar refractivity (Wildman–Crippen MR) is 90.4 cm³/mol. The molecule has 130 valence electrons. The predicted octanol–water partition coefficient (Wildman–Crippen LogP) is 3.26. The van der Waals surface area contributed by atoms with Gasteiger partial charge in [-0.15, -0.1) is 0 Å². The van der Waals surface area contributed by atoms with Crippen LogP contribution in [0.15, 0.2) is 35.0 Å². The lowest BCUT2D eigenvalue weighted by molar-refractivity contribution is 0.0871. The second-order valence-corrected chi connectivity index (χ2v) is 5.93. The lowest BCUT2D eigenvalue weighted by Gasteiger charge is -2.35. The molecule has 1 fully saturated rings. The molecular formula is C18H18FN3O3. The fraction of sp³-hybridized carbons (Fsp3) is 0.333. The molecule has 25 heavy (non-hydrogen) atoms. The Morgan fingerprint density at radius 2 is 2.16 bits per heavy atom. The van der Waals surface area contributed by atoms with E-state index in [0.717, 1.165) is 16.9 Å². The van der Waals surface area contributed by atoms with Gasteiger partial charge in [0.1, 0.15) is 29.7 Å². The van der Waals surface area contributed by atoms with E-state index >= 15 is 0 Å². The Labute approximate surface area is 144 Å². The average Bonchev–Trinajstić information content (AvgIpc) is 3.07. The summed E-state index contributed by atoms with van der Waals surface area (Å²) in [5.41, 5.74) is 0.532. The largest absolute Gasteiger partial charge is 0.494 e. The zero-order valence-electron chi connectivity index (χ0n) is 14.0. The molecule has 0 radical (unpaired) electrons. The van der Waals surface area contributed by atoms with Gasteiger partial charge in [-0.05, 0) is 25.1 Å². The molecule has 7 heteroatoms. The third-order valence-corrected chi connectivity index (χ3v) is 4.38. The van der Waals surface area contributed by atoms with E-state index in [9.17, 15) is 4.39 Å². The Balaban J connectivity index is 1.83. The fourth-order valence-electron chi connectivity index (χ4n) is 3.15. The third-order valence-electron chi connectivity index (χ3n) is 4.38. The Kier molecular flexibility index (Phi) is 4.01. The lowest BCUT2D eigenvalue weighted by atomic mass is 10.1. The van der Waals surface area contributed by atoms with Crippen LogP contribution in [0.5, 0.6) is 5.75 Å². The van der Waals surface area contributed by atoms with Gasteiger partial charge in [0.05, 0.1) is 25.8 Å². The molecule has 0 spiro atoms. The minimum Gasteiger partial charge on any atom is -0.494 e. The van der Waals surface area contributed by atoms with E-state index in [4.69, 9.17) is 13.9 Å². The van der Waals surface area contributed by atoms with Gasteiger partial charge in [0.15, 0.2) is 11.6 Å². The van der Waals surface area contributed by atoms with Gasteiger partial charge in [0.25, 0.3) is 0 Å². The summed E-state index contributed by atoms with van der Waals surface area (Å²) in [4.78, 5) is 10.8. The Hall–Kier alpha value is -2.67. The number of nitrogens with zero attached hydrogens (tertiary/aromatic N) is 3. The summed E-state index contributed by atoms with van der Waals surface area (Å²) >= 11 is 0. The van der Waals surface area contributed by atoms with Crippen molar-refractivity contribution in [3.63, 3.8) is 0 Å². The smallest absolute Gasteiger partial charge is 0.167 e. The van der Waals surface area contributed by atoms with Crippen LogP contribution in [0, 0.1) is 12.7 Å². The quantitative estimate of drug-likeness (QED) is 0.727. The number of rotatable bonds is 3. The molecule has 0 aliphatic carbocycles. The molecule has 0 saturated carbocycles. The summed E-state index contributed by atoms with van der Waals surface area (Å²) in [6, 6.07) is 6.78. The maximum atomic E-state index is 14.0. The molecule has 1 aliphatic heterocycles. The number of morpholine rings is 1. The highest BCUT2D eigenvalue weighted by Gasteiger charge is 2.29. The van der Waals surface area contributed by atoms with E-state index in [1.54, 1.807) is 6.07 Å². The standard InChI is InChI=1S/C18H18FN3O3/c1-11-3-4-16(25-11)15-9-24-6-5-22(15)18-12-7-17(23-2)13(19)8-14(12)20-10-21-18/h3-4,7-8,10,15H,5-6,9H2,1-2H3. The van der Waals surface area contributed by atoms with Crippen molar-refractivity contribution >= 4 is 16.7 Å². The average molecular weight is 343 g/mol. The van der Waals surface area contributed by atoms with Crippen LogP contribution in [0.3, 0.4) is 0 Å². The number of benzene rings is 1. The molecule has 0 bridgehead atoms. The molecule has 1 saturated heterocycles. The number of halogens is 1. The molecule has 1 aliphatic rings. The number of aromatic nitrogens is 2. The monoisotopic (exact) mass is 343 g/mol. The third kappa shape index (κ3) is 2.80. The minimum atomic E-state index is -0.445. The van der Waals surface area contributed by atoms with Gasteiger partial charge in [-0.2, -0.15) is 0 Å². The Morgan fingerprint density at radius 1 is 1.28 bits per heavy atom. The molecule has 2 aromatic heterocycles. The maximum absolute atomic E-state index is 14.0. The summed E-state index contributed by atoms with van der Waals surface area (Å²) in [7, 11) is 1.44. The zero-order valence-corrected chi connectivity index (χ0v) is 14.0. The second-order valence-electron chi connectivity index (χ2n) is 5.93. The van der Waals surface area contributed by atoms with Gasteiger partial charge < -0.3 is 18.8 Å². The van der Waals surface area contributed by atoms with E-state index in [0.29, 0.717) is 31.1 Å². The first-order chi connectivity index (χ1) is 12.2. The molecule has 3 aromatic rings. The molecule has 3 heterocycles. The summed E-state index contributed by atoms with van der Waals surface area (Å²) < 4.78 is 30.6. The summed E-state index contributed by atoms with van der Waals surface area (Å²) in [5.74, 6) is 2.10. The number of ether oxygens (including phenoxy) is 2. The first-order valence-corrected chi connectivity index (χ1v) is 8.06. The molecule has 1 aromatic carbocycles. The SMILES string of the molecule is COc1cc2c(N3CCOCC3c3ccc(C)o3)ncnc2cc1F. The number of aryl methyl sites for hydroxylation is 1. The number of hydrogen-bond donors (Lipinski definition) is 0.